The summed E-state index contributed by atoms with van der Waals surface area (Å²) in [6.45, 7) is 3.16. The molecule has 0 radical (unpaired) electrons. The summed E-state index contributed by atoms with van der Waals surface area (Å²) in [5, 5.41) is 2.25. The maximum absolute atomic E-state index is 5.23. The first-order valence-corrected chi connectivity index (χ1v) is 3.55. The molecule has 0 bridgehead atoms. The lowest BCUT2D eigenvalue weighted by Crippen LogP contribution is -2.35. The Kier molecular flexibility index (Phi) is 2.56. The summed E-state index contributed by atoms with van der Waals surface area (Å²) in [6.07, 6.45) is 0.930. The zero-order chi connectivity index (χ0) is 7.45. The zero-order valence-corrected chi connectivity index (χ0v) is 6.57. The van der Waals surface area contributed by atoms with E-state index in [1.807, 2.05) is 0 Å². The van der Waals surface area contributed by atoms with Crippen LogP contribution >= 0.6 is 11.6 Å². The van der Waals surface area contributed by atoms with Crippen LogP contribution in [0.5, 0.6) is 0 Å². The number of hydrogen-bond acceptors (Lipinski definition) is 2. The molecule has 0 atom stereocenters. The van der Waals surface area contributed by atoms with Crippen molar-refractivity contribution in [3.8, 4) is 11.3 Å². The van der Waals surface area contributed by atoms with Crippen LogP contribution in [0.4, 0.5) is 0 Å². The molecule has 10 heavy (non-hydrogen) atoms. The van der Waals surface area contributed by atoms with Crippen LogP contribution in [0.25, 0.3) is 0 Å². The predicted octanol–water partition coefficient (Wildman–Crippen LogP) is 1.34. The van der Waals surface area contributed by atoms with Crippen molar-refractivity contribution in [2.75, 3.05) is 13.2 Å². The van der Waals surface area contributed by atoms with Gasteiger partial charge in [0, 0.05) is 12.3 Å². The van der Waals surface area contributed by atoms with Gasteiger partial charge in [-0.2, -0.15) is 0 Å². The first-order chi connectivity index (χ1) is 4.77. The van der Waals surface area contributed by atoms with Crippen LogP contribution in [0.15, 0.2) is 0 Å². The summed E-state index contributed by atoms with van der Waals surface area (Å²) in [7, 11) is 0. The molecule has 3 heteroatoms. The van der Waals surface area contributed by atoms with E-state index >= 15 is 0 Å². The second kappa shape index (κ2) is 3.25. The van der Waals surface area contributed by atoms with E-state index in [1.54, 1.807) is 6.92 Å². The monoisotopic (exact) mass is 160 g/mol. The molecule has 1 aliphatic rings. The van der Waals surface area contributed by atoms with E-state index in [1.165, 1.54) is 0 Å². The third kappa shape index (κ3) is 1.88. The third-order valence-corrected chi connectivity index (χ3v) is 1.41. The van der Waals surface area contributed by atoms with Gasteiger partial charge in [0.1, 0.15) is 0 Å². The fraction of sp³-hybridized carbons (Fsp3) is 0.714. The number of halogens is 1. The van der Waals surface area contributed by atoms with Crippen LogP contribution < -0.4 is 0 Å². The highest BCUT2D eigenvalue weighted by Gasteiger charge is 2.25. The highest BCUT2D eigenvalue weighted by atomic mass is 35.5. The Labute approximate surface area is 65.5 Å². The Morgan fingerprint density at radius 2 is 2.00 bits per heavy atom. The summed E-state index contributed by atoms with van der Waals surface area (Å²) in [6, 6.07) is 0. The van der Waals surface area contributed by atoms with Crippen LogP contribution in [0.3, 0.4) is 0 Å². The molecule has 1 rings (SSSR count). The fourth-order valence-electron chi connectivity index (χ4n) is 0.792. The molecule has 0 N–H and O–H groups in total. The second-order valence-corrected chi connectivity index (χ2v) is 2.40. The van der Waals surface area contributed by atoms with Crippen molar-refractivity contribution in [3.63, 3.8) is 0 Å². The highest BCUT2D eigenvalue weighted by molar-refractivity contribution is 6.30. The molecule has 2 nitrogen and oxygen atoms in total. The summed E-state index contributed by atoms with van der Waals surface area (Å²) in [5.41, 5.74) is 0. The summed E-state index contributed by atoms with van der Waals surface area (Å²) in [4.78, 5) is 0. The van der Waals surface area contributed by atoms with E-state index in [4.69, 9.17) is 21.1 Å². The average Bonchev–Trinajstić information content (AvgIpc) is 1.89. The molecule has 0 spiro atoms. The highest BCUT2D eigenvalue weighted by Crippen LogP contribution is 2.16. The van der Waals surface area contributed by atoms with Crippen molar-refractivity contribution < 1.29 is 9.47 Å². The number of ether oxygens (including phenoxy) is 2. The molecule has 0 aromatic rings. The Hall–Kier alpha value is -0.230. The van der Waals surface area contributed by atoms with Crippen molar-refractivity contribution in [1.82, 2.24) is 0 Å². The number of hydrogen-bond donors (Lipinski definition) is 0. The maximum atomic E-state index is 5.23. The van der Waals surface area contributed by atoms with Gasteiger partial charge >= 0.3 is 0 Å². The lowest BCUT2D eigenvalue weighted by Gasteiger charge is -2.28. The topological polar surface area (TPSA) is 18.5 Å². The Morgan fingerprint density at radius 3 is 2.50 bits per heavy atom. The quantitative estimate of drug-likeness (QED) is 0.498. The zero-order valence-electron chi connectivity index (χ0n) is 5.82. The van der Waals surface area contributed by atoms with Gasteiger partial charge in [-0.25, -0.2) is 0 Å². The molecular weight excluding hydrogens is 152 g/mol. The van der Waals surface area contributed by atoms with Gasteiger partial charge in [-0.3, -0.25) is 0 Å². The number of rotatable bonds is 0. The molecule has 56 valence electrons. The van der Waals surface area contributed by atoms with Crippen LogP contribution in [-0.2, 0) is 9.47 Å². The summed E-state index contributed by atoms with van der Waals surface area (Å²) >= 11 is 5.20. The molecule has 1 saturated heterocycles. The minimum Gasteiger partial charge on any atom is -0.340 e. The Morgan fingerprint density at radius 1 is 1.40 bits per heavy atom. The van der Waals surface area contributed by atoms with E-state index in [2.05, 4.69) is 11.3 Å². The van der Waals surface area contributed by atoms with Crippen molar-refractivity contribution in [2.45, 2.75) is 19.1 Å². The predicted molar refractivity (Wildman–Crippen MR) is 38.6 cm³/mol. The third-order valence-electron chi connectivity index (χ3n) is 1.32. The van der Waals surface area contributed by atoms with Crippen LogP contribution in [0.2, 0.25) is 0 Å². The molecule has 1 aliphatic heterocycles. The Balaban J connectivity index is 2.53. The molecule has 0 unspecified atom stereocenters. The van der Waals surface area contributed by atoms with Gasteiger partial charge < -0.3 is 9.47 Å². The lowest BCUT2D eigenvalue weighted by atomic mass is 10.3. The fourth-order valence-corrected chi connectivity index (χ4v) is 0.964. The van der Waals surface area contributed by atoms with E-state index in [9.17, 15) is 0 Å². The summed E-state index contributed by atoms with van der Waals surface area (Å²) < 4.78 is 10.5. The van der Waals surface area contributed by atoms with Crippen LogP contribution in [0.1, 0.15) is 13.3 Å². The molecule has 1 heterocycles. The van der Waals surface area contributed by atoms with E-state index < -0.39 is 5.79 Å². The average molecular weight is 161 g/mol. The molecule has 0 aliphatic carbocycles. The van der Waals surface area contributed by atoms with E-state index in [-0.39, 0.29) is 0 Å². The SMILES string of the molecule is CC1(C#CCl)OCCCO1. The van der Waals surface area contributed by atoms with Crippen molar-refractivity contribution in [3.05, 3.63) is 0 Å². The van der Waals surface area contributed by atoms with Crippen molar-refractivity contribution in [1.29, 1.82) is 0 Å². The van der Waals surface area contributed by atoms with Crippen LogP contribution in [-0.4, -0.2) is 19.0 Å². The molecular formula is C7H9ClO2. The second-order valence-electron chi connectivity index (χ2n) is 2.22. The van der Waals surface area contributed by atoms with E-state index in [0.29, 0.717) is 13.2 Å². The minimum atomic E-state index is -0.764. The molecule has 0 aromatic heterocycles. The van der Waals surface area contributed by atoms with Gasteiger partial charge in [0.15, 0.2) is 0 Å². The standard InChI is InChI=1S/C7H9ClO2/c1-7(3-4-8)9-5-2-6-10-7/h2,5-6H2,1H3. The van der Waals surface area contributed by atoms with Gasteiger partial charge in [-0.15, -0.1) is 0 Å². The summed E-state index contributed by atoms with van der Waals surface area (Å²) in [5.74, 6) is 1.87. The smallest absolute Gasteiger partial charge is 0.231 e. The Bertz CT molecular complexity index is 162. The molecule has 0 aromatic carbocycles. The van der Waals surface area contributed by atoms with Gasteiger partial charge in [-0.1, -0.05) is 0 Å². The first kappa shape index (κ1) is 7.87. The van der Waals surface area contributed by atoms with Crippen molar-refractivity contribution in [2.24, 2.45) is 0 Å². The van der Waals surface area contributed by atoms with Crippen molar-refractivity contribution >= 4 is 11.6 Å². The van der Waals surface area contributed by atoms with Gasteiger partial charge in [0.25, 0.3) is 0 Å². The first-order valence-electron chi connectivity index (χ1n) is 3.17. The van der Waals surface area contributed by atoms with Gasteiger partial charge in [0.05, 0.1) is 13.2 Å². The molecule has 1 fully saturated rings. The normalized spacial score (nSPS) is 23.0. The minimum absolute atomic E-state index is 0.696. The molecule has 0 amide bonds. The lowest BCUT2D eigenvalue weighted by molar-refractivity contribution is -0.218. The largest absolute Gasteiger partial charge is 0.340 e. The van der Waals surface area contributed by atoms with E-state index in [0.717, 1.165) is 6.42 Å². The van der Waals surface area contributed by atoms with Gasteiger partial charge in [-0.05, 0) is 23.9 Å². The van der Waals surface area contributed by atoms with Gasteiger partial charge in [0.2, 0.25) is 5.79 Å². The maximum Gasteiger partial charge on any atom is 0.231 e. The van der Waals surface area contributed by atoms with Crippen LogP contribution in [0, 0.1) is 11.3 Å². The molecule has 0 saturated carbocycles.